The molecule has 0 unspecified atom stereocenters. The van der Waals surface area contributed by atoms with Gasteiger partial charge in [-0.1, -0.05) is 24.3 Å². The van der Waals surface area contributed by atoms with Crippen molar-refractivity contribution in [2.75, 3.05) is 0 Å². The van der Waals surface area contributed by atoms with Crippen LogP contribution >= 0.6 is 0 Å². The summed E-state index contributed by atoms with van der Waals surface area (Å²) < 4.78 is 13.6. The maximum Gasteiger partial charge on any atom is 0.344 e. The van der Waals surface area contributed by atoms with Crippen LogP contribution in [-0.4, -0.2) is 33.8 Å². The van der Waals surface area contributed by atoms with Crippen LogP contribution in [0.4, 0.5) is 0 Å². The van der Waals surface area contributed by atoms with Crippen molar-refractivity contribution in [3.05, 3.63) is 94.2 Å². The third-order valence-corrected chi connectivity index (χ3v) is 7.25. The van der Waals surface area contributed by atoms with E-state index < -0.39 is 12.1 Å². The molecule has 0 saturated heterocycles. The molecule has 2 atom stereocenters. The summed E-state index contributed by atoms with van der Waals surface area (Å²) in [6.07, 6.45) is -0.827. The zero-order valence-electron chi connectivity index (χ0n) is 24.2. The molecule has 210 valence electrons. The van der Waals surface area contributed by atoms with Crippen LogP contribution < -0.4 is 14.8 Å². The lowest BCUT2D eigenvalue weighted by Crippen LogP contribution is -2.26. The number of carbonyl (C=O) groups excluding carboxylic acids is 1. The highest BCUT2D eigenvalue weighted by Crippen LogP contribution is 2.29. The van der Waals surface area contributed by atoms with Gasteiger partial charge in [0, 0.05) is 28.7 Å². The van der Waals surface area contributed by atoms with Crippen LogP contribution in [0, 0.1) is 20.8 Å². The molecule has 1 aromatic heterocycles. The van der Waals surface area contributed by atoms with Crippen LogP contribution in [0.25, 0.3) is 10.9 Å². The summed E-state index contributed by atoms with van der Waals surface area (Å²) in [6, 6.07) is 19.3. The van der Waals surface area contributed by atoms with Gasteiger partial charge in [0.25, 0.3) is 5.91 Å². The third kappa shape index (κ3) is 6.30. The lowest BCUT2D eigenvalue weighted by atomic mass is 10.1. The zero-order chi connectivity index (χ0) is 29.1. The topological polar surface area (TPSA) is 89.8 Å². The second kappa shape index (κ2) is 11.9. The van der Waals surface area contributed by atoms with Crippen molar-refractivity contribution in [1.29, 1.82) is 0 Å². The van der Waals surface area contributed by atoms with Gasteiger partial charge in [0.1, 0.15) is 11.5 Å². The number of nitrogens with zero attached hydrogens (tertiary/aromatic N) is 1. The van der Waals surface area contributed by atoms with E-state index in [4.69, 9.17) is 9.47 Å². The second-order valence-corrected chi connectivity index (χ2v) is 10.7. The Kier molecular flexibility index (Phi) is 8.52. The maximum atomic E-state index is 13.2. The molecule has 4 aromatic rings. The maximum absolute atomic E-state index is 13.2. The van der Waals surface area contributed by atoms with Crippen LogP contribution in [0.1, 0.15) is 72.0 Å². The van der Waals surface area contributed by atoms with Crippen molar-refractivity contribution in [3.8, 4) is 11.5 Å². The average Bonchev–Trinajstić information content (AvgIpc) is 3.14. The fourth-order valence-electron chi connectivity index (χ4n) is 4.76. The first-order chi connectivity index (χ1) is 18.9. The highest BCUT2D eigenvalue weighted by atomic mass is 16.5. The molecule has 1 heterocycles. The number of rotatable bonds is 10. The molecule has 40 heavy (non-hydrogen) atoms. The Labute approximate surface area is 235 Å². The summed E-state index contributed by atoms with van der Waals surface area (Å²) in [5.74, 6) is 0.237. The number of hydrogen-bond acceptors (Lipinski definition) is 4. The van der Waals surface area contributed by atoms with E-state index in [1.54, 1.807) is 0 Å². The van der Waals surface area contributed by atoms with Gasteiger partial charge in [0.05, 0.1) is 12.1 Å². The first kappa shape index (κ1) is 28.7. The fraction of sp³-hybridized carbons (Fsp3) is 0.333. The van der Waals surface area contributed by atoms with Gasteiger partial charge in [0.15, 0.2) is 6.10 Å². The van der Waals surface area contributed by atoms with E-state index in [0.29, 0.717) is 17.9 Å². The number of hydrogen-bond donors (Lipinski definition) is 2. The summed E-state index contributed by atoms with van der Waals surface area (Å²) in [7, 11) is 0. The summed E-state index contributed by atoms with van der Waals surface area (Å²) in [5.41, 5.74) is 6.73. The molecule has 0 radical (unpaired) electrons. The molecular weight excluding hydrogens is 504 g/mol. The molecule has 0 bridgehead atoms. The molecule has 4 rings (SSSR count). The summed E-state index contributed by atoms with van der Waals surface area (Å²) in [5, 5.41) is 13.4. The number of aryl methyl sites for hydroxylation is 2. The molecule has 1 amide bonds. The smallest absolute Gasteiger partial charge is 0.344 e. The lowest BCUT2D eigenvalue weighted by Gasteiger charge is -2.16. The van der Waals surface area contributed by atoms with E-state index in [1.165, 1.54) is 6.92 Å². The quantitative estimate of drug-likeness (QED) is 0.232. The number of amides is 1. The van der Waals surface area contributed by atoms with Gasteiger partial charge < -0.3 is 24.5 Å². The van der Waals surface area contributed by atoms with E-state index in [2.05, 4.69) is 23.7 Å². The highest BCUT2D eigenvalue weighted by molar-refractivity contribution is 5.99. The van der Waals surface area contributed by atoms with E-state index in [9.17, 15) is 14.7 Å². The fourth-order valence-corrected chi connectivity index (χ4v) is 4.76. The number of ether oxygens (including phenoxy) is 2. The van der Waals surface area contributed by atoms with Crippen LogP contribution in [0.3, 0.4) is 0 Å². The molecule has 7 heteroatoms. The van der Waals surface area contributed by atoms with Crippen LogP contribution in [-0.2, 0) is 11.3 Å². The molecule has 0 aliphatic heterocycles. The van der Waals surface area contributed by atoms with Gasteiger partial charge in [-0.05, 0) is 107 Å². The average molecular weight is 543 g/mol. The van der Waals surface area contributed by atoms with Crippen molar-refractivity contribution >= 4 is 22.8 Å². The van der Waals surface area contributed by atoms with Gasteiger partial charge >= 0.3 is 5.97 Å². The number of carboxylic acids is 1. The van der Waals surface area contributed by atoms with Gasteiger partial charge in [-0.2, -0.15) is 0 Å². The molecule has 0 spiro atoms. The van der Waals surface area contributed by atoms with Crippen LogP contribution in [0.5, 0.6) is 11.5 Å². The van der Waals surface area contributed by atoms with Crippen LogP contribution in [0.15, 0.2) is 60.7 Å². The standard InChI is InChI=1S/C33H38N2O5/c1-19(2)39-28-13-10-26(11-14-28)22(5)34-32(36)27-12-15-30-29(17-27)21(4)23(6)35(30)18-25-9-8-20(3)31(16-25)40-24(7)33(37)38/h8-17,19,22,24H,18H2,1-7H3,(H,34,36)(H,37,38)/t22-,24-/m0/s1. The zero-order valence-corrected chi connectivity index (χ0v) is 24.2. The van der Waals surface area contributed by atoms with E-state index in [0.717, 1.165) is 44.6 Å². The third-order valence-electron chi connectivity index (χ3n) is 7.25. The van der Waals surface area contributed by atoms with E-state index in [1.807, 2.05) is 88.4 Å². The van der Waals surface area contributed by atoms with E-state index in [-0.39, 0.29) is 18.1 Å². The van der Waals surface area contributed by atoms with Crippen molar-refractivity contribution in [3.63, 3.8) is 0 Å². The van der Waals surface area contributed by atoms with Crippen LogP contribution in [0.2, 0.25) is 0 Å². The monoisotopic (exact) mass is 542 g/mol. The van der Waals surface area contributed by atoms with Gasteiger partial charge in [-0.3, -0.25) is 4.79 Å². The highest BCUT2D eigenvalue weighted by Gasteiger charge is 2.18. The molecule has 2 N–H and O–H groups in total. The number of nitrogens with one attached hydrogen (secondary N) is 1. The minimum Gasteiger partial charge on any atom is -0.491 e. The second-order valence-electron chi connectivity index (χ2n) is 10.7. The Balaban J connectivity index is 1.54. The molecule has 0 aliphatic rings. The lowest BCUT2D eigenvalue weighted by molar-refractivity contribution is -0.144. The molecule has 0 fully saturated rings. The summed E-state index contributed by atoms with van der Waals surface area (Å²) >= 11 is 0. The van der Waals surface area contributed by atoms with E-state index >= 15 is 0 Å². The Hall–Kier alpha value is -4.26. The Morgan fingerprint density at radius 2 is 1.60 bits per heavy atom. The summed E-state index contributed by atoms with van der Waals surface area (Å²) in [4.78, 5) is 24.5. The minimum atomic E-state index is -1.00. The Bertz CT molecular complexity index is 1530. The van der Waals surface area contributed by atoms with Crippen molar-refractivity contribution in [1.82, 2.24) is 9.88 Å². The number of aliphatic carboxylic acids is 1. The van der Waals surface area contributed by atoms with Crippen molar-refractivity contribution in [2.45, 2.75) is 73.3 Å². The number of aromatic nitrogens is 1. The first-order valence-electron chi connectivity index (χ1n) is 13.6. The van der Waals surface area contributed by atoms with Gasteiger partial charge in [-0.25, -0.2) is 4.79 Å². The number of benzene rings is 3. The molecule has 3 aromatic carbocycles. The predicted octanol–water partition coefficient (Wildman–Crippen LogP) is 6.74. The van der Waals surface area contributed by atoms with Gasteiger partial charge in [-0.15, -0.1) is 0 Å². The SMILES string of the molecule is Cc1ccc(Cn2c(C)c(C)c3cc(C(=O)N[C@@H](C)c4ccc(OC(C)C)cc4)ccc32)cc1O[C@@H](C)C(=O)O. The number of carboxylic acid groups (broad SMARTS) is 1. The molecule has 7 nitrogen and oxygen atoms in total. The van der Waals surface area contributed by atoms with Gasteiger partial charge in [0.2, 0.25) is 0 Å². The normalized spacial score (nSPS) is 12.8. The Morgan fingerprint density at radius 3 is 2.25 bits per heavy atom. The Morgan fingerprint density at radius 1 is 0.900 bits per heavy atom. The summed E-state index contributed by atoms with van der Waals surface area (Å²) in [6.45, 7) is 14.1. The molecule has 0 aliphatic carbocycles. The largest absolute Gasteiger partial charge is 0.491 e. The van der Waals surface area contributed by atoms with Crippen molar-refractivity contribution in [2.24, 2.45) is 0 Å². The van der Waals surface area contributed by atoms with Crippen molar-refractivity contribution < 1.29 is 24.2 Å². The molecular formula is C33H38N2O5. The minimum absolute atomic E-state index is 0.107. The molecule has 0 saturated carbocycles. The first-order valence-corrected chi connectivity index (χ1v) is 13.6. The number of fused-ring (bicyclic) bond motifs is 1. The predicted molar refractivity (Wildman–Crippen MR) is 158 cm³/mol. The number of carbonyl (C=O) groups is 2.